The van der Waals surface area contributed by atoms with E-state index in [4.69, 9.17) is 0 Å². The molecule has 2 atom stereocenters. The first-order valence-corrected chi connectivity index (χ1v) is 8.83. The third-order valence-corrected chi connectivity index (χ3v) is 5.62. The van der Waals surface area contributed by atoms with E-state index < -0.39 is 0 Å². The number of carbonyl (C=O) groups is 1. The molecule has 4 fully saturated rings. The van der Waals surface area contributed by atoms with Crippen molar-refractivity contribution in [3.63, 3.8) is 0 Å². The molecule has 2 saturated heterocycles. The number of anilines is 1. The van der Waals surface area contributed by atoms with E-state index in [0.29, 0.717) is 25.1 Å². The molecule has 3 heterocycles. The average Bonchev–Trinajstić information content (AvgIpc) is 2.76. The standard InChI is InChI=1S/C17H25N5O/c23-17(21-5-4-20-16-18-2-1-3-19-16)22-11-14-7-12-6-13(8-14)10-15(22)9-12/h1-3,12-15H,4-11H2,(H,21,23)(H,18,19,20). The van der Waals surface area contributed by atoms with E-state index in [1.165, 1.54) is 32.1 Å². The molecule has 5 rings (SSSR count). The molecule has 6 nitrogen and oxygen atoms in total. The fraction of sp³-hybridized carbons (Fsp3) is 0.706. The minimum absolute atomic E-state index is 0.110. The number of nitrogens with one attached hydrogen (secondary N) is 2. The Kier molecular flexibility index (Phi) is 4.06. The topological polar surface area (TPSA) is 70.1 Å². The minimum Gasteiger partial charge on any atom is -0.352 e. The molecule has 2 amide bonds. The van der Waals surface area contributed by atoms with Crippen molar-refractivity contribution in [3.05, 3.63) is 18.5 Å². The summed E-state index contributed by atoms with van der Waals surface area (Å²) >= 11 is 0. The lowest BCUT2D eigenvalue weighted by Crippen LogP contribution is -2.48. The molecule has 23 heavy (non-hydrogen) atoms. The Hall–Kier alpha value is -1.85. The van der Waals surface area contributed by atoms with Gasteiger partial charge in [0.2, 0.25) is 5.95 Å². The molecule has 2 aliphatic carbocycles. The van der Waals surface area contributed by atoms with Crippen LogP contribution in [0.4, 0.5) is 10.7 Å². The van der Waals surface area contributed by atoms with Crippen molar-refractivity contribution in [2.75, 3.05) is 25.0 Å². The van der Waals surface area contributed by atoms with Gasteiger partial charge in [-0.15, -0.1) is 0 Å². The molecule has 2 unspecified atom stereocenters. The zero-order valence-corrected chi connectivity index (χ0v) is 13.4. The van der Waals surface area contributed by atoms with Crippen LogP contribution in [0.5, 0.6) is 0 Å². The Labute approximate surface area is 137 Å². The van der Waals surface area contributed by atoms with Gasteiger partial charge in [0.25, 0.3) is 0 Å². The SMILES string of the molecule is O=C(NCCNc1ncccn1)N1CC2CC3CC(C2)CC1C3. The summed E-state index contributed by atoms with van der Waals surface area (Å²) in [5, 5.41) is 6.18. The molecular weight excluding hydrogens is 290 g/mol. The van der Waals surface area contributed by atoms with Crippen LogP contribution in [0.15, 0.2) is 18.5 Å². The second kappa shape index (κ2) is 6.34. The van der Waals surface area contributed by atoms with Gasteiger partial charge in [-0.25, -0.2) is 14.8 Å². The van der Waals surface area contributed by atoms with E-state index in [1.807, 2.05) is 0 Å². The van der Waals surface area contributed by atoms with Gasteiger partial charge in [-0.1, -0.05) is 0 Å². The zero-order valence-electron chi connectivity index (χ0n) is 13.4. The van der Waals surface area contributed by atoms with E-state index in [0.717, 1.165) is 24.3 Å². The van der Waals surface area contributed by atoms with Crippen molar-refractivity contribution < 1.29 is 4.79 Å². The summed E-state index contributed by atoms with van der Waals surface area (Å²) in [6, 6.07) is 2.37. The van der Waals surface area contributed by atoms with Gasteiger partial charge in [-0.3, -0.25) is 0 Å². The van der Waals surface area contributed by atoms with Crippen molar-refractivity contribution in [2.45, 2.75) is 38.1 Å². The van der Waals surface area contributed by atoms with Crippen LogP contribution in [0.2, 0.25) is 0 Å². The molecule has 6 heteroatoms. The maximum absolute atomic E-state index is 12.6. The van der Waals surface area contributed by atoms with Crippen LogP contribution in [0, 0.1) is 17.8 Å². The van der Waals surface area contributed by atoms with Crippen molar-refractivity contribution in [2.24, 2.45) is 17.8 Å². The van der Waals surface area contributed by atoms with Gasteiger partial charge in [0.1, 0.15) is 0 Å². The number of rotatable bonds is 4. The maximum Gasteiger partial charge on any atom is 0.317 e. The van der Waals surface area contributed by atoms with Crippen molar-refractivity contribution in [1.82, 2.24) is 20.2 Å². The first-order chi connectivity index (χ1) is 11.3. The minimum atomic E-state index is 0.110. The largest absolute Gasteiger partial charge is 0.352 e. The Balaban J connectivity index is 1.28. The molecule has 2 saturated carbocycles. The number of urea groups is 1. The first-order valence-electron chi connectivity index (χ1n) is 8.83. The second-order valence-corrected chi connectivity index (χ2v) is 7.31. The van der Waals surface area contributed by atoms with Gasteiger partial charge in [-0.05, 0) is 55.9 Å². The Bertz CT molecular complexity index is 537. The normalized spacial score (nSPS) is 31.7. The number of amides is 2. The lowest BCUT2D eigenvalue weighted by atomic mass is 9.68. The molecule has 0 radical (unpaired) electrons. The molecule has 0 spiro atoms. The van der Waals surface area contributed by atoms with Gasteiger partial charge in [0.05, 0.1) is 0 Å². The van der Waals surface area contributed by atoms with Crippen molar-refractivity contribution >= 4 is 12.0 Å². The first kappa shape index (κ1) is 14.7. The summed E-state index contributed by atoms with van der Waals surface area (Å²) < 4.78 is 0. The summed E-state index contributed by atoms with van der Waals surface area (Å²) in [4.78, 5) is 22.9. The Morgan fingerprint density at radius 2 is 1.74 bits per heavy atom. The molecule has 0 aromatic carbocycles. The zero-order chi connectivity index (χ0) is 15.6. The van der Waals surface area contributed by atoms with Gasteiger partial charge in [0.15, 0.2) is 0 Å². The summed E-state index contributed by atoms with van der Waals surface area (Å²) in [7, 11) is 0. The Morgan fingerprint density at radius 3 is 2.48 bits per heavy atom. The average molecular weight is 315 g/mol. The van der Waals surface area contributed by atoms with Crippen LogP contribution in [-0.2, 0) is 0 Å². The summed E-state index contributed by atoms with van der Waals surface area (Å²) in [5.41, 5.74) is 0. The highest BCUT2D eigenvalue weighted by Gasteiger charge is 2.43. The van der Waals surface area contributed by atoms with Crippen LogP contribution >= 0.6 is 0 Å². The number of nitrogens with zero attached hydrogens (tertiary/aromatic N) is 3. The predicted molar refractivity (Wildman–Crippen MR) is 88.0 cm³/mol. The molecule has 124 valence electrons. The smallest absolute Gasteiger partial charge is 0.317 e. The monoisotopic (exact) mass is 315 g/mol. The second-order valence-electron chi connectivity index (χ2n) is 7.31. The molecule has 2 N–H and O–H groups in total. The summed E-state index contributed by atoms with van der Waals surface area (Å²) in [6.45, 7) is 2.19. The lowest BCUT2D eigenvalue weighted by Gasteiger charge is -2.38. The highest BCUT2D eigenvalue weighted by atomic mass is 16.2. The van der Waals surface area contributed by atoms with Gasteiger partial charge in [0, 0.05) is 38.1 Å². The number of hydrogen-bond donors (Lipinski definition) is 2. The van der Waals surface area contributed by atoms with Crippen LogP contribution < -0.4 is 10.6 Å². The number of aromatic nitrogens is 2. The van der Waals surface area contributed by atoms with Gasteiger partial charge < -0.3 is 15.5 Å². The third-order valence-electron chi connectivity index (χ3n) is 5.62. The molecular formula is C17H25N5O. The molecule has 2 aliphatic heterocycles. The highest BCUT2D eigenvalue weighted by Crippen LogP contribution is 2.47. The van der Waals surface area contributed by atoms with Gasteiger partial charge >= 0.3 is 6.03 Å². The van der Waals surface area contributed by atoms with Crippen LogP contribution in [0.25, 0.3) is 0 Å². The maximum atomic E-state index is 12.6. The van der Waals surface area contributed by atoms with E-state index in [-0.39, 0.29) is 6.03 Å². The van der Waals surface area contributed by atoms with E-state index in [9.17, 15) is 4.79 Å². The van der Waals surface area contributed by atoms with Crippen molar-refractivity contribution in [1.29, 1.82) is 0 Å². The van der Waals surface area contributed by atoms with E-state index in [1.54, 1.807) is 18.5 Å². The number of fused-ring (bicyclic) bond motifs is 1. The fourth-order valence-electron chi connectivity index (χ4n) is 4.87. The van der Waals surface area contributed by atoms with Crippen LogP contribution in [0.3, 0.4) is 0 Å². The Morgan fingerprint density at radius 1 is 1.04 bits per heavy atom. The molecule has 1 aromatic rings. The number of hydrogen-bond acceptors (Lipinski definition) is 4. The number of carbonyl (C=O) groups excluding carboxylic acids is 1. The van der Waals surface area contributed by atoms with Crippen molar-refractivity contribution in [3.8, 4) is 0 Å². The van der Waals surface area contributed by atoms with Crippen LogP contribution in [-0.4, -0.2) is 46.6 Å². The van der Waals surface area contributed by atoms with Gasteiger partial charge in [-0.2, -0.15) is 0 Å². The van der Waals surface area contributed by atoms with E-state index in [2.05, 4.69) is 25.5 Å². The van der Waals surface area contributed by atoms with Crippen LogP contribution in [0.1, 0.15) is 32.1 Å². The molecule has 4 bridgehead atoms. The summed E-state index contributed by atoms with van der Waals surface area (Å²) in [6.07, 6.45) is 9.93. The highest BCUT2D eigenvalue weighted by molar-refractivity contribution is 5.74. The third kappa shape index (κ3) is 3.26. The van der Waals surface area contributed by atoms with E-state index >= 15 is 0 Å². The quantitative estimate of drug-likeness (QED) is 0.835. The summed E-state index contributed by atoms with van der Waals surface area (Å²) in [5.74, 6) is 3.07. The molecule has 4 aliphatic rings. The predicted octanol–water partition coefficient (Wildman–Crippen LogP) is 2.11. The lowest BCUT2D eigenvalue weighted by molar-refractivity contribution is 0.132. The fourth-order valence-corrected chi connectivity index (χ4v) is 4.87. The molecule has 1 aromatic heterocycles.